The molecule has 0 aromatic carbocycles. The zero-order valence-electron chi connectivity index (χ0n) is 11.8. The van der Waals surface area contributed by atoms with Crippen LogP contribution in [0.25, 0.3) is 0 Å². The van der Waals surface area contributed by atoms with Crippen LogP contribution in [0, 0.1) is 17.8 Å². The Balaban J connectivity index is 1.77. The number of allylic oxidation sites excluding steroid dienone is 1. The van der Waals surface area contributed by atoms with Crippen molar-refractivity contribution in [3.05, 3.63) is 24.7 Å². The molecule has 0 bridgehead atoms. The molecule has 0 spiro atoms. The summed E-state index contributed by atoms with van der Waals surface area (Å²) in [6.45, 7) is 3.58. The number of hydrogen-bond donors (Lipinski definition) is 0. The average molecular weight is 288 g/mol. The molecular formula is C16H23F3O. The molecule has 0 atom stereocenters. The van der Waals surface area contributed by atoms with Crippen molar-refractivity contribution in [2.75, 3.05) is 0 Å². The van der Waals surface area contributed by atoms with Gasteiger partial charge in [-0.05, 0) is 63.2 Å². The van der Waals surface area contributed by atoms with E-state index in [1.807, 2.05) is 0 Å². The Morgan fingerprint density at radius 1 is 0.850 bits per heavy atom. The Labute approximate surface area is 118 Å². The number of ether oxygens (including phenoxy) is 1. The molecule has 114 valence electrons. The highest BCUT2D eigenvalue weighted by Crippen LogP contribution is 2.42. The zero-order valence-corrected chi connectivity index (χ0v) is 11.8. The predicted octanol–water partition coefficient (Wildman–Crippen LogP) is 5.59. The summed E-state index contributed by atoms with van der Waals surface area (Å²) in [6, 6.07) is 0. The van der Waals surface area contributed by atoms with E-state index in [2.05, 4.69) is 6.58 Å². The number of rotatable bonds is 4. The van der Waals surface area contributed by atoms with Gasteiger partial charge in [0, 0.05) is 5.92 Å². The first kappa shape index (κ1) is 15.5. The summed E-state index contributed by atoms with van der Waals surface area (Å²) in [5, 5.41) is 0. The lowest BCUT2D eigenvalue weighted by atomic mass is 9.70. The summed E-state index contributed by atoms with van der Waals surface area (Å²) in [7, 11) is 0. The minimum absolute atomic E-state index is 0.293. The van der Waals surface area contributed by atoms with Gasteiger partial charge in [-0.2, -0.15) is 8.78 Å². The first-order chi connectivity index (χ1) is 9.61. The van der Waals surface area contributed by atoms with Crippen LogP contribution in [0.3, 0.4) is 0 Å². The molecule has 0 unspecified atom stereocenters. The van der Waals surface area contributed by atoms with Crippen molar-refractivity contribution in [3.63, 3.8) is 0 Å². The molecule has 2 saturated carbocycles. The molecule has 0 aromatic heterocycles. The molecule has 0 saturated heterocycles. The van der Waals surface area contributed by atoms with Gasteiger partial charge in [-0.3, -0.25) is 0 Å². The predicted molar refractivity (Wildman–Crippen MR) is 72.8 cm³/mol. The van der Waals surface area contributed by atoms with Crippen LogP contribution < -0.4 is 0 Å². The lowest BCUT2D eigenvalue weighted by molar-refractivity contribution is 0.0642. The van der Waals surface area contributed by atoms with Gasteiger partial charge in [-0.15, -0.1) is 0 Å². The Morgan fingerprint density at radius 3 is 1.80 bits per heavy atom. The van der Waals surface area contributed by atoms with Gasteiger partial charge in [-0.1, -0.05) is 6.58 Å². The molecule has 0 heterocycles. The van der Waals surface area contributed by atoms with Crippen molar-refractivity contribution in [1.82, 2.24) is 0 Å². The molecule has 0 amide bonds. The largest absolute Gasteiger partial charge is 0.499 e. The van der Waals surface area contributed by atoms with Gasteiger partial charge < -0.3 is 4.74 Å². The van der Waals surface area contributed by atoms with Gasteiger partial charge in [0.05, 0.1) is 12.4 Å². The normalized spacial score (nSPS) is 34.4. The van der Waals surface area contributed by atoms with Crippen molar-refractivity contribution in [2.45, 2.75) is 57.5 Å². The van der Waals surface area contributed by atoms with E-state index >= 15 is 0 Å². The molecule has 2 aliphatic carbocycles. The fourth-order valence-corrected chi connectivity index (χ4v) is 3.83. The molecule has 0 aliphatic heterocycles. The third-order valence-corrected chi connectivity index (χ3v) is 4.99. The summed E-state index contributed by atoms with van der Waals surface area (Å²) in [4.78, 5) is 0. The van der Waals surface area contributed by atoms with Crippen LogP contribution in [0.15, 0.2) is 24.7 Å². The van der Waals surface area contributed by atoms with E-state index in [0.29, 0.717) is 30.8 Å². The summed E-state index contributed by atoms with van der Waals surface area (Å²) in [5.41, 5.74) is 0. The van der Waals surface area contributed by atoms with E-state index < -0.39 is 17.8 Å². The first-order valence-corrected chi connectivity index (χ1v) is 7.58. The van der Waals surface area contributed by atoms with Crippen LogP contribution in [-0.2, 0) is 4.74 Å². The molecule has 0 radical (unpaired) electrons. The minimum atomic E-state index is -2.13. The number of hydrogen-bond acceptors (Lipinski definition) is 1. The van der Waals surface area contributed by atoms with Crippen molar-refractivity contribution in [1.29, 1.82) is 0 Å². The summed E-state index contributed by atoms with van der Waals surface area (Å²) < 4.78 is 43.2. The van der Waals surface area contributed by atoms with Crippen LogP contribution in [0.1, 0.15) is 51.4 Å². The molecule has 2 aliphatic rings. The molecule has 0 N–H and O–H groups in total. The third-order valence-electron chi connectivity index (χ3n) is 4.99. The second-order valence-electron chi connectivity index (χ2n) is 6.06. The molecule has 1 nitrogen and oxygen atoms in total. The van der Waals surface area contributed by atoms with Gasteiger partial charge >= 0.3 is 6.08 Å². The third kappa shape index (κ3) is 3.80. The Morgan fingerprint density at radius 2 is 1.35 bits per heavy atom. The minimum Gasteiger partial charge on any atom is -0.499 e. The molecule has 0 aromatic rings. The van der Waals surface area contributed by atoms with Gasteiger partial charge in [0.15, 0.2) is 5.83 Å². The van der Waals surface area contributed by atoms with E-state index in [-0.39, 0.29) is 0 Å². The standard InChI is InChI=1S/C16H23F3O/c1-2-20-14-9-7-12(8-10-14)11-3-5-13(6-4-11)15(17)16(18)19/h2,11-14H,1,3-10H2. The van der Waals surface area contributed by atoms with Crippen LogP contribution in [0.5, 0.6) is 0 Å². The fourth-order valence-electron chi connectivity index (χ4n) is 3.83. The maximum absolute atomic E-state index is 13.2. The lowest BCUT2D eigenvalue weighted by Crippen LogP contribution is -2.28. The summed E-state index contributed by atoms with van der Waals surface area (Å²) in [6.07, 6.45) is 6.91. The lowest BCUT2D eigenvalue weighted by Gasteiger charge is -2.37. The quantitative estimate of drug-likeness (QED) is 0.613. The molecular weight excluding hydrogens is 265 g/mol. The molecule has 20 heavy (non-hydrogen) atoms. The van der Waals surface area contributed by atoms with Crippen LogP contribution in [0.2, 0.25) is 0 Å². The smallest absolute Gasteiger partial charge is 0.301 e. The first-order valence-electron chi connectivity index (χ1n) is 7.58. The second-order valence-corrected chi connectivity index (χ2v) is 6.06. The van der Waals surface area contributed by atoms with Crippen molar-refractivity contribution < 1.29 is 17.9 Å². The van der Waals surface area contributed by atoms with E-state index in [1.165, 1.54) is 6.26 Å². The van der Waals surface area contributed by atoms with Crippen molar-refractivity contribution >= 4 is 0 Å². The van der Waals surface area contributed by atoms with E-state index in [0.717, 1.165) is 38.5 Å². The van der Waals surface area contributed by atoms with E-state index in [4.69, 9.17) is 4.74 Å². The highest BCUT2D eigenvalue weighted by molar-refractivity contribution is 5.00. The zero-order chi connectivity index (χ0) is 14.5. The topological polar surface area (TPSA) is 9.23 Å². The Kier molecular flexibility index (Phi) is 5.55. The second kappa shape index (κ2) is 7.19. The van der Waals surface area contributed by atoms with Gasteiger partial charge in [0.1, 0.15) is 0 Å². The van der Waals surface area contributed by atoms with Gasteiger partial charge in [0.25, 0.3) is 0 Å². The monoisotopic (exact) mass is 288 g/mol. The highest BCUT2D eigenvalue weighted by Gasteiger charge is 2.33. The summed E-state index contributed by atoms with van der Waals surface area (Å²) >= 11 is 0. The average Bonchev–Trinajstić information content (AvgIpc) is 2.48. The van der Waals surface area contributed by atoms with E-state index in [1.54, 1.807) is 0 Å². The molecule has 2 rings (SSSR count). The van der Waals surface area contributed by atoms with E-state index in [9.17, 15) is 13.2 Å². The van der Waals surface area contributed by atoms with Gasteiger partial charge in [-0.25, -0.2) is 4.39 Å². The van der Waals surface area contributed by atoms with Crippen LogP contribution in [0.4, 0.5) is 13.2 Å². The Hall–Kier alpha value is -0.930. The van der Waals surface area contributed by atoms with Gasteiger partial charge in [0.2, 0.25) is 0 Å². The highest BCUT2D eigenvalue weighted by atomic mass is 19.3. The Bertz CT molecular complexity index is 347. The maximum Gasteiger partial charge on any atom is 0.301 e. The maximum atomic E-state index is 13.2. The SMILES string of the molecule is C=COC1CCC(C2CCC(C(F)=C(F)F)CC2)CC1. The van der Waals surface area contributed by atoms with Crippen LogP contribution >= 0.6 is 0 Å². The fraction of sp³-hybridized carbons (Fsp3) is 0.750. The molecule has 4 heteroatoms. The van der Waals surface area contributed by atoms with Crippen molar-refractivity contribution in [3.8, 4) is 0 Å². The number of halogens is 3. The van der Waals surface area contributed by atoms with Crippen molar-refractivity contribution in [2.24, 2.45) is 17.8 Å². The summed E-state index contributed by atoms with van der Waals surface area (Å²) in [5.74, 6) is -0.488. The molecule has 2 fully saturated rings. The van der Waals surface area contributed by atoms with Crippen LogP contribution in [-0.4, -0.2) is 6.10 Å².